The second-order valence-electron chi connectivity index (χ2n) is 6.41. The van der Waals surface area contributed by atoms with Gasteiger partial charge in [-0.15, -0.1) is 6.58 Å². The van der Waals surface area contributed by atoms with Gasteiger partial charge in [0.1, 0.15) is 11.6 Å². The maximum absolute atomic E-state index is 12.5. The average molecular weight is 391 g/mol. The molecule has 0 aliphatic rings. The molecule has 2 aromatic rings. The first-order chi connectivity index (χ1) is 13.8. The first-order valence-corrected chi connectivity index (χ1v) is 9.20. The Morgan fingerprint density at radius 3 is 2.45 bits per heavy atom. The molecule has 0 spiro atoms. The first-order valence-electron chi connectivity index (χ1n) is 9.20. The van der Waals surface area contributed by atoms with Gasteiger partial charge in [0.15, 0.2) is 0 Å². The Hall–Kier alpha value is -3.67. The van der Waals surface area contributed by atoms with Gasteiger partial charge in [0.2, 0.25) is 5.91 Å². The van der Waals surface area contributed by atoms with Crippen LogP contribution in [-0.4, -0.2) is 35.7 Å². The summed E-state index contributed by atoms with van der Waals surface area (Å²) in [5.41, 5.74) is 7.63. The molecule has 0 bridgehead atoms. The van der Waals surface area contributed by atoms with Crippen LogP contribution in [0.4, 0.5) is 0 Å². The molecule has 0 saturated carbocycles. The molecule has 1 amide bonds. The van der Waals surface area contributed by atoms with Gasteiger partial charge >= 0.3 is 5.97 Å². The van der Waals surface area contributed by atoms with E-state index >= 15 is 0 Å². The molecule has 6 nitrogen and oxygen atoms in total. The predicted octanol–water partition coefficient (Wildman–Crippen LogP) is 3.63. The zero-order valence-electron chi connectivity index (χ0n) is 16.6. The van der Waals surface area contributed by atoms with Crippen LogP contribution in [0.2, 0.25) is 0 Å². The smallest absolute Gasteiger partial charge is 0.343 e. The van der Waals surface area contributed by atoms with Crippen molar-refractivity contribution in [2.24, 2.45) is 5.73 Å². The van der Waals surface area contributed by atoms with E-state index in [-0.39, 0.29) is 11.7 Å². The van der Waals surface area contributed by atoms with Crippen molar-refractivity contribution in [1.29, 1.82) is 5.41 Å². The van der Waals surface area contributed by atoms with Gasteiger partial charge in [-0.25, -0.2) is 4.79 Å². The molecule has 3 N–H and O–H groups in total. The van der Waals surface area contributed by atoms with Crippen LogP contribution in [0.15, 0.2) is 66.8 Å². The topological polar surface area (TPSA) is 96.5 Å². The van der Waals surface area contributed by atoms with Crippen LogP contribution >= 0.6 is 0 Å². The summed E-state index contributed by atoms with van der Waals surface area (Å²) >= 11 is 0. The summed E-state index contributed by atoms with van der Waals surface area (Å²) in [5.74, 6) is -0.287. The van der Waals surface area contributed by atoms with Gasteiger partial charge in [-0.2, -0.15) is 0 Å². The number of nitrogens with two attached hydrogens (primary N) is 1. The molecule has 0 radical (unpaired) electrons. The van der Waals surface area contributed by atoms with Crippen LogP contribution < -0.4 is 10.5 Å². The molecule has 0 aliphatic heterocycles. The van der Waals surface area contributed by atoms with E-state index in [0.717, 1.165) is 5.56 Å². The van der Waals surface area contributed by atoms with Crippen LogP contribution in [0.1, 0.15) is 35.3 Å². The van der Waals surface area contributed by atoms with E-state index in [0.29, 0.717) is 35.5 Å². The highest BCUT2D eigenvalue weighted by atomic mass is 16.5. The molecule has 0 unspecified atom stereocenters. The van der Waals surface area contributed by atoms with Crippen LogP contribution in [0, 0.1) is 5.41 Å². The minimum Gasteiger partial charge on any atom is -0.423 e. The van der Waals surface area contributed by atoms with Gasteiger partial charge in [0.05, 0.1) is 5.56 Å². The minimum atomic E-state index is -0.512. The summed E-state index contributed by atoms with van der Waals surface area (Å²) < 4.78 is 5.37. The molecule has 0 fully saturated rings. The number of hydrogen-bond acceptors (Lipinski definition) is 4. The van der Waals surface area contributed by atoms with Gasteiger partial charge in [-0.1, -0.05) is 18.2 Å². The van der Waals surface area contributed by atoms with Crippen molar-refractivity contribution in [3.63, 3.8) is 0 Å². The average Bonchev–Trinajstić information content (AvgIpc) is 2.72. The number of likely N-dealkylation sites (N-methyl/N-ethyl adjacent to an activating group) is 1. The Bertz CT molecular complexity index is 946. The molecule has 150 valence electrons. The number of ether oxygens (including phenoxy) is 1. The molecule has 6 heteroatoms. The van der Waals surface area contributed by atoms with E-state index in [2.05, 4.69) is 6.58 Å². The largest absolute Gasteiger partial charge is 0.423 e. The lowest BCUT2D eigenvalue weighted by atomic mass is 10.1. The van der Waals surface area contributed by atoms with Crippen molar-refractivity contribution in [1.82, 2.24) is 4.90 Å². The van der Waals surface area contributed by atoms with Gasteiger partial charge < -0.3 is 15.4 Å². The number of amidine groups is 1. The number of nitrogens with zero attached hydrogens (tertiary/aromatic N) is 1. The number of nitrogen functional groups attached to an aromatic ring is 1. The highest BCUT2D eigenvalue weighted by Gasteiger charge is 2.13. The summed E-state index contributed by atoms with van der Waals surface area (Å²) in [4.78, 5) is 26.6. The predicted molar refractivity (Wildman–Crippen MR) is 115 cm³/mol. The maximum atomic E-state index is 12.5. The standard InChI is InChI=1S/C23H25N3O3/c1-4-13-26(5-2)22(27)16(3)14-17-7-6-8-19(15-17)23(28)29-20-11-9-18(10-12-20)21(24)25/h4,6-12,14-15H,1,5,13H2,2-3H3,(H3,24,25)/b16-14-. The molecule has 0 aromatic heterocycles. The number of rotatable bonds is 8. The summed E-state index contributed by atoms with van der Waals surface area (Å²) in [6, 6.07) is 13.3. The second kappa shape index (κ2) is 10.0. The first kappa shape index (κ1) is 21.6. The zero-order valence-corrected chi connectivity index (χ0v) is 16.6. The van der Waals surface area contributed by atoms with E-state index in [9.17, 15) is 9.59 Å². The molecular weight excluding hydrogens is 366 g/mol. The van der Waals surface area contributed by atoms with Crippen molar-refractivity contribution in [2.75, 3.05) is 13.1 Å². The van der Waals surface area contributed by atoms with Crippen molar-refractivity contribution in [3.8, 4) is 5.75 Å². The number of nitrogens with one attached hydrogen (secondary N) is 1. The van der Waals surface area contributed by atoms with Crippen molar-refractivity contribution in [3.05, 3.63) is 83.4 Å². The lowest BCUT2D eigenvalue weighted by Crippen LogP contribution is -2.31. The van der Waals surface area contributed by atoms with Gasteiger partial charge in [0, 0.05) is 24.2 Å². The zero-order chi connectivity index (χ0) is 21.4. The number of hydrogen-bond donors (Lipinski definition) is 2. The molecule has 0 heterocycles. The van der Waals surface area contributed by atoms with E-state index in [1.165, 1.54) is 0 Å². The summed E-state index contributed by atoms with van der Waals surface area (Å²) in [6.07, 6.45) is 3.43. The third kappa shape index (κ3) is 5.90. The van der Waals surface area contributed by atoms with E-state index in [1.807, 2.05) is 13.0 Å². The normalized spacial score (nSPS) is 10.9. The SMILES string of the molecule is C=CCN(CC)C(=O)/C(C)=C\c1cccc(C(=O)Oc2ccc(C(=N)N)cc2)c1. The summed E-state index contributed by atoms with van der Waals surface area (Å²) in [5, 5.41) is 7.39. The molecule has 29 heavy (non-hydrogen) atoms. The lowest BCUT2D eigenvalue weighted by Gasteiger charge is -2.19. The van der Waals surface area contributed by atoms with Gasteiger partial charge in [0.25, 0.3) is 0 Å². The molecule has 0 aliphatic carbocycles. The Kier molecular flexibility index (Phi) is 7.48. The molecular formula is C23H25N3O3. The summed E-state index contributed by atoms with van der Waals surface area (Å²) in [7, 11) is 0. The molecule has 0 saturated heterocycles. The Morgan fingerprint density at radius 2 is 1.86 bits per heavy atom. The second-order valence-corrected chi connectivity index (χ2v) is 6.41. The monoisotopic (exact) mass is 391 g/mol. The summed E-state index contributed by atoms with van der Waals surface area (Å²) in [6.45, 7) is 8.40. The number of benzene rings is 2. The highest BCUT2D eigenvalue weighted by Crippen LogP contribution is 2.16. The van der Waals surface area contributed by atoms with Crippen LogP contribution in [0.25, 0.3) is 6.08 Å². The number of esters is 1. The fourth-order valence-corrected chi connectivity index (χ4v) is 2.70. The van der Waals surface area contributed by atoms with Gasteiger partial charge in [-0.05, 0) is 61.9 Å². The lowest BCUT2D eigenvalue weighted by molar-refractivity contribution is -0.126. The molecule has 2 aromatic carbocycles. The Labute approximate surface area is 170 Å². The number of carbonyl (C=O) groups excluding carboxylic acids is 2. The maximum Gasteiger partial charge on any atom is 0.343 e. The highest BCUT2D eigenvalue weighted by molar-refractivity contribution is 5.98. The van der Waals surface area contributed by atoms with Gasteiger partial charge in [-0.3, -0.25) is 10.2 Å². The van der Waals surface area contributed by atoms with Crippen molar-refractivity contribution in [2.45, 2.75) is 13.8 Å². The third-order valence-electron chi connectivity index (χ3n) is 4.24. The third-order valence-corrected chi connectivity index (χ3v) is 4.24. The Morgan fingerprint density at radius 1 is 1.17 bits per heavy atom. The van der Waals surface area contributed by atoms with Crippen molar-refractivity contribution >= 4 is 23.8 Å². The van der Waals surface area contributed by atoms with E-state index < -0.39 is 5.97 Å². The van der Waals surface area contributed by atoms with E-state index in [4.69, 9.17) is 15.9 Å². The fraction of sp³-hybridized carbons (Fsp3) is 0.174. The molecule has 0 atom stereocenters. The van der Waals surface area contributed by atoms with Crippen LogP contribution in [-0.2, 0) is 4.79 Å². The van der Waals surface area contributed by atoms with Crippen LogP contribution in [0.5, 0.6) is 5.75 Å². The van der Waals surface area contributed by atoms with E-state index in [1.54, 1.807) is 66.4 Å². The minimum absolute atomic E-state index is 0.0537. The quantitative estimate of drug-likeness (QED) is 0.179. The number of carbonyl (C=O) groups is 2. The van der Waals surface area contributed by atoms with Crippen molar-refractivity contribution < 1.29 is 14.3 Å². The Balaban J connectivity index is 2.15. The fourth-order valence-electron chi connectivity index (χ4n) is 2.70. The molecule has 2 rings (SSSR count). The number of amides is 1. The van der Waals surface area contributed by atoms with Crippen LogP contribution in [0.3, 0.4) is 0 Å².